The van der Waals surface area contributed by atoms with Gasteiger partial charge in [-0.15, -0.1) is 0 Å². The fourth-order valence-electron chi connectivity index (χ4n) is 1.01. The summed E-state index contributed by atoms with van der Waals surface area (Å²) < 4.78 is 17.9. The van der Waals surface area contributed by atoms with Crippen LogP contribution in [0.25, 0.3) is 0 Å². The Kier molecular flexibility index (Phi) is 2.83. The Morgan fingerprint density at radius 1 is 1.62 bits per heavy atom. The highest BCUT2D eigenvalue weighted by Crippen LogP contribution is 2.23. The van der Waals surface area contributed by atoms with E-state index in [1.165, 1.54) is 13.2 Å². The number of aliphatic hydroxyl groups excluding tert-OH is 1. The van der Waals surface area contributed by atoms with Gasteiger partial charge in [0.2, 0.25) is 0 Å². The van der Waals surface area contributed by atoms with Gasteiger partial charge in [0.05, 0.1) is 30.9 Å². The largest absolute Gasteiger partial charge is 0.496 e. The van der Waals surface area contributed by atoms with Crippen molar-refractivity contribution in [3.05, 3.63) is 29.1 Å². The summed E-state index contributed by atoms with van der Waals surface area (Å²) in [4.78, 5) is 0. The highest BCUT2D eigenvalue weighted by molar-refractivity contribution is 5.43. The summed E-state index contributed by atoms with van der Waals surface area (Å²) in [6.07, 6.45) is 0. The number of hydrogen-bond donors (Lipinski definition) is 1. The third-order valence-electron chi connectivity index (χ3n) is 1.66. The number of halogens is 1. The van der Waals surface area contributed by atoms with E-state index >= 15 is 0 Å². The number of nitriles is 1. The molecule has 1 aromatic rings. The van der Waals surface area contributed by atoms with Gasteiger partial charge in [-0.1, -0.05) is 0 Å². The van der Waals surface area contributed by atoms with Gasteiger partial charge in [0, 0.05) is 0 Å². The van der Waals surface area contributed by atoms with Crippen molar-refractivity contribution in [1.82, 2.24) is 0 Å². The first-order valence-electron chi connectivity index (χ1n) is 3.60. The monoisotopic (exact) mass is 181 g/mol. The van der Waals surface area contributed by atoms with E-state index in [-0.39, 0.29) is 16.9 Å². The first-order chi connectivity index (χ1) is 6.22. The Morgan fingerprint density at radius 3 is 2.77 bits per heavy atom. The Hall–Kier alpha value is -1.60. The van der Waals surface area contributed by atoms with Gasteiger partial charge < -0.3 is 9.84 Å². The molecule has 1 N–H and O–H groups in total. The van der Waals surface area contributed by atoms with Crippen LogP contribution in [0.2, 0.25) is 0 Å². The van der Waals surface area contributed by atoms with Crippen molar-refractivity contribution in [2.75, 3.05) is 7.11 Å². The topological polar surface area (TPSA) is 53.2 Å². The molecule has 3 nitrogen and oxygen atoms in total. The van der Waals surface area contributed by atoms with Crippen molar-refractivity contribution in [3.8, 4) is 11.8 Å². The Morgan fingerprint density at radius 2 is 2.31 bits per heavy atom. The molecule has 13 heavy (non-hydrogen) atoms. The molecular weight excluding hydrogens is 173 g/mol. The summed E-state index contributed by atoms with van der Waals surface area (Å²) in [7, 11) is 1.36. The minimum Gasteiger partial charge on any atom is -0.496 e. The maximum atomic E-state index is 13.1. The van der Waals surface area contributed by atoms with Gasteiger partial charge in [0.1, 0.15) is 11.6 Å². The van der Waals surface area contributed by atoms with E-state index in [0.717, 1.165) is 6.07 Å². The van der Waals surface area contributed by atoms with E-state index in [1.807, 2.05) is 0 Å². The molecular formula is C9H8FNO2. The molecule has 0 amide bonds. The normalized spacial score (nSPS) is 9.38. The molecule has 0 spiro atoms. The van der Waals surface area contributed by atoms with Gasteiger partial charge in [0.15, 0.2) is 0 Å². The molecule has 0 aliphatic carbocycles. The molecule has 0 aliphatic rings. The summed E-state index contributed by atoms with van der Waals surface area (Å²) in [5, 5.41) is 17.3. The number of methoxy groups -OCH3 is 1. The van der Waals surface area contributed by atoms with Gasteiger partial charge >= 0.3 is 0 Å². The lowest BCUT2D eigenvalue weighted by Gasteiger charge is -2.06. The van der Waals surface area contributed by atoms with Crippen molar-refractivity contribution in [2.45, 2.75) is 6.61 Å². The van der Waals surface area contributed by atoms with E-state index in [4.69, 9.17) is 15.1 Å². The molecule has 0 aromatic heterocycles. The fraction of sp³-hybridized carbons (Fsp3) is 0.222. The van der Waals surface area contributed by atoms with Crippen molar-refractivity contribution in [2.24, 2.45) is 0 Å². The maximum Gasteiger partial charge on any atom is 0.133 e. The van der Waals surface area contributed by atoms with E-state index < -0.39 is 12.4 Å². The van der Waals surface area contributed by atoms with Crippen LogP contribution in [0, 0.1) is 17.1 Å². The van der Waals surface area contributed by atoms with Crippen LogP contribution in [-0.2, 0) is 6.61 Å². The number of rotatable bonds is 2. The molecule has 0 unspecified atom stereocenters. The standard InChI is InChI=1S/C9H8FNO2/c1-13-9-3-6(4-11)2-8(10)7(9)5-12/h2-3,12H,5H2,1H3. The predicted octanol–water partition coefficient (Wildman–Crippen LogP) is 1.20. The number of aliphatic hydroxyl groups is 1. The molecule has 0 heterocycles. The molecule has 0 fully saturated rings. The smallest absolute Gasteiger partial charge is 0.133 e. The van der Waals surface area contributed by atoms with Gasteiger partial charge in [-0.3, -0.25) is 0 Å². The lowest BCUT2D eigenvalue weighted by Crippen LogP contribution is -1.97. The summed E-state index contributed by atoms with van der Waals surface area (Å²) in [6, 6.07) is 4.24. The molecule has 1 aromatic carbocycles. The van der Waals surface area contributed by atoms with Gasteiger partial charge in [-0.05, 0) is 12.1 Å². The molecule has 0 radical (unpaired) electrons. The van der Waals surface area contributed by atoms with E-state index in [1.54, 1.807) is 6.07 Å². The van der Waals surface area contributed by atoms with Crippen molar-refractivity contribution < 1.29 is 14.2 Å². The average Bonchev–Trinajstić information content (AvgIpc) is 2.16. The summed E-state index contributed by atoms with van der Waals surface area (Å²) in [5.41, 5.74) is 0.244. The number of benzene rings is 1. The second-order valence-electron chi connectivity index (χ2n) is 2.41. The van der Waals surface area contributed by atoms with Crippen LogP contribution in [-0.4, -0.2) is 12.2 Å². The van der Waals surface area contributed by atoms with Crippen LogP contribution in [0.15, 0.2) is 12.1 Å². The molecule has 0 saturated carbocycles. The summed E-state index contributed by atoms with van der Waals surface area (Å²) >= 11 is 0. The third-order valence-corrected chi connectivity index (χ3v) is 1.66. The third kappa shape index (κ3) is 1.76. The van der Waals surface area contributed by atoms with E-state index in [9.17, 15) is 4.39 Å². The first-order valence-corrected chi connectivity index (χ1v) is 3.60. The van der Waals surface area contributed by atoms with Crippen LogP contribution in [0.5, 0.6) is 5.75 Å². The van der Waals surface area contributed by atoms with Crippen LogP contribution >= 0.6 is 0 Å². The van der Waals surface area contributed by atoms with Gasteiger partial charge in [0.25, 0.3) is 0 Å². The zero-order chi connectivity index (χ0) is 9.84. The molecule has 68 valence electrons. The Labute approximate surface area is 75.0 Å². The van der Waals surface area contributed by atoms with Crippen molar-refractivity contribution in [1.29, 1.82) is 5.26 Å². The predicted molar refractivity (Wildman–Crippen MR) is 43.6 cm³/mol. The van der Waals surface area contributed by atoms with Crippen LogP contribution in [0.3, 0.4) is 0 Å². The van der Waals surface area contributed by atoms with Gasteiger partial charge in [-0.25, -0.2) is 4.39 Å². The SMILES string of the molecule is COc1cc(C#N)cc(F)c1CO. The van der Waals surface area contributed by atoms with E-state index in [2.05, 4.69) is 0 Å². The zero-order valence-corrected chi connectivity index (χ0v) is 7.04. The Bertz CT molecular complexity index is 357. The molecule has 1 rings (SSSR count). The minimum atomic E-state index is -0.626. The molecule has 0 bridgehead atoms. The quantitative estimate of drug-likeness (QED) is 0.745. The number of ether oxygens (including phenoxy) is 1. The Balaban J connectivity index is 3.31. The highest BCUT2D eigenvalue weighted by atomic mass is 19.1. The van der Waals surface area contributed by atoms with Crippen LogP contribution in [0.1, 0.15) is 11.1 Å². The van der Waals surface area contributed by atoms with Crippen LogP contribution in [0.4, 0.5) is 4.39 Å². The number of nitrogens with zero attached hydrogens (tertiary/aromatic N) is 1. The van der Waals surface area contributed by atoms with Crippen LogP contribution < -0.4 is 4.74 Å². The lowest BCUT2D eigenvalue weighted by molar-refractivity contribution is 0.267. The number of hydrogen-bond acceptors (Lipinski definition) is 3. The molecule has 0 aliphatic heterocycles. The van der Waals surface area contributed by atoms with Crippen molar-refractivity contribution >= 4 is 0 Å². The summed E-state index contributed by atoms with van der Waals surface area (Å²) in [6.45, 7) is -0.444. The second-order valence-corrected chi connectivity index (χ2v) is 2.41. The fourth-order valence-corrected chi connectivity index (χ4v) is 1.01. The maximum absolute atomic E-state index is 13.1. The van der Waals surface area contributed by atoms with Gasteiger partial charge in [-0.2, -0.15) is 5.26 Å². The minimum absolute atomic E-state index is 0.0708. The van der Waals surface area contributed by atoms with Crippen molar-refractivity contribution in [3.63, 3.8) is 0 Å². The highest BCUT2D eigenvalue weighted by Gasteiger charge is 2.10. The second kappa shape index (κ2) is 3.87. The molecule has 0 saturated heterocycles. The van der Waals surface area contributed by atoms with E-state index in [0.29, 0.717) is 0 Å². The lowest BCUT2D eigenvalue weighted by atomic mass is 10.1. The molecule has 4 heteroatoms. The molecule has 0 atom stereocenters. The first kappa shape index (κ1) is 9.49. The zero-order valence-electron chi connectivity index (χ0n) is 7.04. The average molecular weight is 181 g/mol. The summed E-state index contributed by atoms with van der Waals surface area (Å²) in [5.74, 6) is -0.433.